The van der Waals surface area contributed by atoms with Crippen molar-refractivity contribution < 1.29 is 9.53 Å². The predicted molar refractivity (Wildman–Crippen MR) is 72.1 cm³/mol. The molecular weight excluding hydrogens is 282 g/mol. The summed E-state index contributed by atoms with van der Waals surface area (Å²) in [7, 11) is 0. The van der Waals surface area contributed by atoms with Crippen molar-refractivity contribution in [2.24, 2.45) is 5.84 Å². The lowest BCUT2D eigenvalue weighted by Crippen LogP contribution is -2.39. The molecule has 1 aromatic rings. The molecule has 110 valence electrons. The smallest absolute Gasteiger partial charge is 0.344 e. The van der Waals surface area contributed by atoms with E-state index in [0.29, 0.717) is 23.4 Å². The van der Waals surface area contributed by atoms with Gasteiger partial charge in [0, 0.05) is 11.8 Å². The molecule has 0 bridgehead atoms. The third kappa shape index (κ3) is 2.74. The SMILES string of the molecule is NNC(=O)C1CCC(CSc2n[nH]c(=O)n2C2CC2)O1. The Balaban J connectivity index is 1.56. The highest BCUT2D eigenvalue weighted by Gasteiger charge is 2.32. The lowest BCUT2D eigenvalue weighted by molar-refractivity contribution is -0.131. The monoisotopic (exact) mass is 299 g/mol. The summed E-state index contributed by atoms with van der Waals surface area (Å²) < 4.78 is 7.33. The molecule has 1 saturated heterocycles. The topological polar surface area (TPSA) is 115 Å². The van der Waals surface area contributed by atoms with Crippen LogP contribution >= 0.6 is 11.8 Å². The summed E-state index contributed by atoms with van der Waals surface area (Å²) >= 11 is 1.49. The van der Waals surface area contributed by atoms with Crippen LogP contribution in [-0.2, 0) is 9.53 Å². The minimum absolute atomic E-state index is 0.0123. The third-order valence-corrected chi connectivity index (χ3v) is 4.61. The molecule has 4 N–H and O–H groups in total. The fraction of sp³-hybridized carbons (Fsp3) is 0.727. The molecule has 9 heteroatoms. The number of rotatable bonds is 5. The third-order valence-electron chi connectivity index (χ3n) is 3.52. The first kappa shape index (κ1) is 13.7. The summed E-state index contributed by atoms with van der Waals surface area (Å²) in [5.74, 6) is 5.48. The number of hydrazine groups is 1. The van der Waals surface area contributed by atoms with E-state index < -0.39 is 6.10 Å². The summed E-state index contributed by atoms with van der Waals surface area (Å²) in [6, 6.07) is 0.295. The van der Waals surface area contributed by atoms with Crippen molar-refractivity contribution >= 4 is 17.7 Å². The summed E-state index contributed by atoms with van der Waals surface area (Å²) in [5.41, 5.74) is 1.95. The molecule has 8 nitrogen and oxygen atoms in total. The van der Waals surface area contributed by atoms with Crippen LogP contribution in [0.15, 0.2) is 9.95 Å². The summed E-state index contributed by atoms with van der Waals surface area (Å²) in [4.78, 5) is 23.0. The van der Waals surface area contributed by atoms with Gasteiger partial charge < -0.3 is 4.74 Å². The van der Waals surface area contributed by atoms with E-state index in [4.69, 9.17) is 10.6 Å². The van der Waals surface area contributed by atoms with Crippen molar-refractivity contribution in [3.05, 3.63) is 10.5 Å². The van der Waals surface area contributed by atoms with E-state index in [0.717, 1.165) is 19.3 Å². The number of ether oxygens (including phenoxy) is 1. The average molecular weight is 299 g/mol. The molecule has 0 radical (unpaired) electrons. The average Bonchev–Trinajstić information content (AvgIpc) is 3.05. The van der Waals surface area contributed by atoms with Gasteiger partial charge in [0.15, 0.2) is 5.16 Å². The highest BCUT2D eigenvalue weighted by Crippen LogP contribution is 2.36. The lowest BCUT2D eigenvalue weighted by atomic mass is 10.2. The van der Waals surface area contributed by atoms with E-state index in [1.807, 2.05) is 0 Å². The molecule has 20 heavy (non-hydrogen) atoms. The van der Waals surface area contributed by atoms with Crippen LogP contribution in [0.2, 0.25) is 0 Å². The van der Waals surface area contributed by atoms with Crippen LogP contribution in [0.5, 0.6) is 0 Å². The fourth-order valence-corrected chi connectivity index (χ4v) is 3.39. The van der Waals surface area contributed by atoms with Crippen LogP contribution in [0.1, 0.15) is 31.7 Å². The Morgan fingerprint density at radius 3 is 3.00 bits per heavy atom. The number of nitrogens with two attached hydrogens (primary N) is 1. The zero-order valence-electron chi connectivity index (χ0n) is 10.9. The van der Waals surface area contributed by atoms with E-state index in [1.165, 1.54) is 11.8 Å². The number of thioether (sulfide) groups is 1. The number of nitrogens with one attached hydrogen (secondary N) is 2. The number of hydrogen-bond donors (Lipinski definition) is 3. The zero-order valence-corrected chi connectivity index (χ0v) is 11.7. The van der Waals surface area contributed by atoms with E-state index in [2.05, 4.69) is 15.6 Å². The van der Waals surface area contributed by atoms with Gasteiger partial charge in [-0.2, -0.15) is 0 Å². The first-order chi connectivity index (χ1) is 9.69. The van der Waals surface area contributed by atoms with Gasteiger partial charge in [0.05, 0.1) is 6.10 Å². The minimum atomic E-state index is -0.463. The first-order valence-electron chi connectivity index (χ1n) is 6.64. The van der Waals surface area contributed by atoms with Gasteiger partial charge in [0.2, 0.25) is 0 Å². The number of H-pyrrole nitrogens is 1. The van der Waals surface area contributed by atoms with E-state index in [-0.39, 0.29) is 17.7 Å². The highest BCUT2D eigenvalue weighted by molar-refractivity contribution is 7.99. The largest absolute Gasteiger partial charge is 0.364 e. The van der Waals surface area contributed by atoms with Gasteiger partial charge >= 0.3 is 5.69 Å². The molecule has 2 fully saturated rings. The quantitative estimate of drug-likeness (QED) is 0.293. The van der Waals surface area contributed by atoms with Crippen molar-refractivity contribution in [2.45, 2.75) is 49.1 Å². The second-order valence-electron chi connectivity index (χ2n) is 5.06. The number of carbonyl (C=O) groups is 1. The fourth-order valence-electron chi connectivity index (χ4n) is 2.33. The Labute approximate surface area is 119 Å². The normalized spacial score (nSPS) is 25.9. The summed E-state index contributed by atoms with van der Waals surface area (Å²) in [5, 5.41) is 7.23. The maximum atomic E-state index is 11.6. The van der Waals surface area contributed by atoms with Gasteiger partial charge in [0.1, 0.15) is 6.10 Å². The molecule has 2 unspecified atom stereocenters. The van der Waals surface area contributed by atoms with Gasteiger partial charge in [-0.1, -0.05) is 11.8 Å². The molecule has 0 spiro atoms. The Morgan fingerprint density at radius 1 is 1.50 bits per heavy atom. The highest BCUT2D eigenvalue weighted by atomic mass is 32.2. The van der Waals surface area contributed by atoms with Crippen LogP contribution in [0.4, 0.5) is 0 Å². The second kappa shape index (κ2) is 5.58. The lowest BCUT2D eigenvalue weighted by Gasteiger charge is -2.12. The van der Waals surface area contributed by atoms with E-state index >= 15 is 0 Å². The Bertz CT molecular complexity index is 552. The number of aromatic amines is 1. The second-order valence-corrected chi connectivity index (χ2v) is 6.04. The molecule has 2 aliphatic rings. The number of aromatic nitrogens is 3. The number of hydrogen-bond acceptors (Lipinski definition) is 6. The summed E-state index contributed by atoms with van der Waals surface area (Å²) in [6.07, 6.45) is 3.07. The van der Waals surface area contributed by atoms with Crippen LogP contribution < -0.4 is 17.0 Å². The molecule has 3 rings (SSSR count). The van der Waals surface area contributed by atoms with Gasteiger partial charge in [-0.15, -0.1) is 5.10 Å². The van der Waals surface area contributed by atoms with Gasteiger partial charge in [-0.25, -0.2) is 15.7 Å². The van der Waals surface area contributed by atoms with Crippen molar-refractivity contribution in [3.8, 4) is 0 Å². The van der Waals surface area contributed by atoms with Crippen molar-refractivity contribution in [1.82, 2.24) is 20.2 Å². The van der Waals surface area contributed by atoms with E-state index in [1.54, 1.807) is 4.57 Å². The van der Waals surface area contributed by atoms with Crippen LogP contribution in [0.3, 0.4) is 0 Å². The van der Waals surface area contributed by atoms with Crippen LogP contribution in [0.25, 0.3) is 0 Å². The number of nitrogens with zero attached hydrogens (tertiary/aromatic N) is 2. The summed E-state index contributed by atoms with van der Waals surface area (Å²) in [6.45, 7) is 0. The first-order valence-corrected chi connectivity index (χ1v) is 7.63. The molecule has 2 atom stereocenters. The molecule has 2 heterocycles. The minimum Gasteiger partial charge on any atom is -0.364 e. The van der Waals surface area contributed by atoms with Gasteiger partial charge in [0.25, 0.3) is 5.91 Å². The Morgan fingerprint density at radius 2 is 2.30 bits per heavy atom. The molecule has 1 aliphatic carbocycles. The molecule has 1 aromatic heterocycles. The molecule has 1 amide bonds. The molecule has 0 aromatic carbocycles. The molecule has 1 aliphatic heterocycles. The standard InChI is InChI=1S/C11H17N5O3S/c12-13-9(17)8-4-3-7(19-8)5-20-11-15-14-10(18)16(11)6-1-2-6/h6-8H,1-5,12H2,(H,13,17)(H,14,18). The maximum Gasteiger partial charge on any atom is 0.344 e. The number of amides is 1. The van der Waals surface area contributed by atoms with E-state index in [9.17, 15) is 9.59 Å². The maximum absolute atomic E-state index is 11.6. The van der Waals surface area contributed by atoms with Gasteiger partial charge in [-0.3, -0.25) is 14.8 Å². The number of carbonyl (C=O) groups excluding carboxylic acids is 1. The Kier molecular flexibility index (Phi) is 3.81. The predicted octanol–water partition coefficient (Wildman–Crippen LogP) is -0.464. The van der Waals surface area contributed by atoms with Crippen LogP contribution in [-0.4, -0.2) is 38.6 Å². The van der Waals surface area contributed by atoms with Crippen molar-refractivity contribution in [2.75, 3.05) is 5.75 Å². The van der Waals surface area contributed by atoms with Crippen molar-refractivity contribution in [1.29, 1.82) is 0 Å². The Hall–Kier alpha value is -1.32. The van der Waals surface area contributed by atoms with Crippen molar-refractivity contribution in [3.63, 3.8) is 0 Å². The molecule has 1 saturated carbocycles. The zero-order chi connectivity index (χ0) is 14.1. The molecular formula is C11H17N5O3S. The van der Waals surface area contributed by atoms with Gasteiger partial charge in [-0.05, 0) is 25.7 Å². The van der Waals surface area contributed by atoms with Crippen LogP contribution in [0, 0.1) is 0 Å².